The Morgan fingerprint density at radius 2 is 2.25 bits per heavy atom. The van der Waals surface area contributed by atoms with Crippen molar-refractivity contribution < 1.29 is 9.90 Å². The second-order valence-electron chi connectivity index (χ2n) is 6.03. The van der Waals surface area contributed by atoms with Crippen LogP contribution in [0.2, 0.25) is 0 Å². The Morgan fingerprint density at radius 3 is 2.75 bits per heavy atom. The molecule has 1 aromatic rings. The lowest BCUT2D eigenvalue weighted by Crippen LogP contribution is -2.63. The van der Waals surface area contributed by atoms with E-state index in [1.54, 1.807) is 11.3 Å². The lowest BCUT2D eigenvalue weighted by atomic mass is 9.91. The number of nitrogens with one attached hydrogen (secondary N) is 1. The van der Waals surface area contributed by atoms with Gasteiger partial charge in [0.05, 0.1) is 18.2 Å². The van der Waals surface area contributed by atoms with E-state index in [-0.39, 0.29) is 11.9 Å². The standard InChI is InChI=1S/C15H24N2O2S/c1-4-15(19)9-17(10-15)8-13(18)16-14(11(2)3)12-6-5-7-20-12/h5-7,11,14,19H,4,8-10H2,1-3H3,(H,16,18). The van der Waals surface area contributed by atoms with Crippen LogP contribution in [0.5, 0.6) is 0 Å². The fourth-order valence-electron chi connectivity index (χ4n) is 2.58. The molecule has 0 spiro atoms. The molecular weight excluding hydrogens is 272 g/mol. The van der Waals surface area contributed by atoms with Gasteiger partial charge in [-0.2, -0.15) is 0 Å². The Kier molecular flexibility index (Phi) is 4.83. The zero-order chi connectivity index (χ0) is 14.8. The van der Waals surface area contributed by atoms with E-state index in [1.165, 1.54) is 4.88 Å². The molecule has 0 bridgehead atoms. The second-order valence-corrected chi connectivity index (χ2v) is 7.01. The molecule has 1 aliphatic rings. The lowest BCUT2D eigenvalue weighted by Gasteiger charge is -2.45. The van der Waals surface area contributed by atoms with Gasteiger partial charge in [-0.05, 0) is 23.8 Å². The summed E-state index contributed by atoms with van der Waals surface area (Å²) in [6, 6.07) is 4.15. The van der Waals surface area contributed by atoms with Crippen molar-refractivity contribution >= 4 is 17.2 Å². The number of carbonyl (C=O) groups excluding carboxylic acids is 1. The number of hydrogen-bond acceptors (Lipinski definition) is 4. The Morgan fingerprint density at radius 1 is 1.55 bits per heavy atom. The minimum Gasteiger partial charge on any atom is -0.387 e. The molecule has 1 aliphatic heterocycles. The second kappa shape index (κ2) is 6.24. The van der Waals surface area contributed by atoms with Crippen molar-refractivity contribution in [3.05, 3.63) is 22.4 Å². The van der Waals surface area contributed by atoms with Crippen LogP contribution in [0.15, 0.2) is 17.5 Å². The summed E-state index contributed by atoms with van der Waals surface area (Å²) in [6.45, 7) is 7.78. The summed E-state index contributed by atoms with van der Waals surface area (Å²) < 4.78 is 0. The fraction of sp³-hybridized carbons (Fsp3) is 0.667. The van der Waals surface area contributed by atoms with Gasteiger partial charge in [0.25, 0.3) is 0 Å². The van der Waals surface area contributed by atoms with Crippen LogP contribution in [0, 0.1) is 5.92 Å². The van der Waals surface area contributed by atoms with Crippen LogP contribution in [0.25, 0.3) is 0 Å². The molecule has 5 heteroatoms. The highest BCUT2D eigenvalue weighted by Gasteiger charge is 2.40. The molecule has 0 saturated carbocycles. The van der Waals surface area contributed by atoms with Crippen LogP contribution in [-0.2, 0) is 4.79 Å². The highest BCUT2D eigenvalue weighted by molar-refractivity contribution is 7.10. The van der Waals surface area contributed by atoms with Crippen LogP contribution in [0.1, 0.15) is 38.1 Å². The van der Waals surface area contributed by atoms with Crippen molar-refractivity contribution in [1.82, 2.24) is 10.2 Å². The SMILES string of the molecule is CCC1(O)CN(CC(=O)NC(c2cccs2)C(C)C)C1. The van der Waals surface area contributed by atoms with Gasteiger partial charge >= 0.3 is 0 Å². The van der Waals surface area contributed by atoms with Gasteiger partial charge in [-0.1, -0.05) is 26.8 Å². The Hall–Kier alpha value is -0.910. The summed E-state index contributed by atoms with van der Waals surface area (Å²) in [7, 11) is 0. The summed E-state index contributed by atoms with van der Waals surface area (Å²) in [6.07, 6.45) is 0.745. The zero-order valence-electron chi connectivity index (χ0n) is 12.4. The van der Waals surface area contributed by atoms with E-state index >= 15 is 0 Å². The molecule has 0 aromatic carbocycles. The number of nitrogens with zero attached hydrogens (tertiary/aromatic N) is 1. The van der Waals surface area contributed by atoms with E-state index in [1.807, 2.05) is 23.3 Å². The quantitative estimate of drug-likeness (QED) is 0.844. The van der Waals surface area contributed by atoms with Gasteiger partial charge in [0.2, 0.25) is 5.91 Å². The summed E-state index contributed by atoms with van der Waals surface area (Å²) in [5.41, 5.74) is -0.578. The molecule has 1 fully saturated rings. The minimum atomic E-state index is -0.578. The normalized spacial score (nSPS) is 19.6. The average Bonchev–Trinajstić information content (AvgIpc) is 2.87. The summed E-state index contributed by atoms with van der Waals surface area (Å²) in [5.74, 6) is 0.400. The molecule has 1 aromatic heterocycles. The summed E-state index contributed by atoms with van der Waals surface area (Å²) >= 11 is 1.68. The molecule has 1 amide bonds. The number of aliphatic hydroxyl groups is 1. The monoisotopic (exact) mass is 296 g/mol. The number of amides is 1. The molecule has 1 unspecified atom stereocenters. The molecule has 1 atom stereocenters. The molecule has 2 heterocycles. The van der Waals surface area contributed by atoms with Crippen LogP contribution >= 0.6 is 11.3 Å². The van der Waals surface area contributed by atoms with Crippen molar-refractivity contribution in [3.8, 4) is 0 Å². The Labute approximate surface area is 124 Å². The minimum absolute atomic E-state index is 0.0373. The third kappa shape index (κ3) is 3.59. The van der Waals surface area contributed by atoms with Crippen molar-refractivity contribution in [2.24, 2.45) is 5.92 Å². The third-order valence-electron chi connectivity index (χ3n) is 3.89. The average molecular weight is 296 g/mol. The molecule has 0 radical (unpaired) electrons. The number of thiophene rings is 1. The van der Waals surface area contributed by atoms with Gasteiger partial charge < -0.3 is 10.4 Å². The van der Waals surface area contributed by atoms with Gasteiger partial charge in [0.15, 0.2) is 0 Å². The molecule has 1 saturated heterocycles. The molecule has 2 rings (SSSR count). The van der Waals surface area contributed by atoms with Crippen LogP contribution in [-0.4, -0.2) is 41.1 Å². The highest BCUT2D eigenvalue weighted by Crippen LogP contribution is 2.26. The predicted octanol–water partition coefficient (Wildman–Crippen LogP) is 2.02. The number of β-amino-alcohol motifs (C(OH)–C–C–N with tert-alkyl or cyclic N) is 1. The van der Waals surface area contributed by atoms with E-state index in [4.69, 9.17) is 0 Å². The molecular formula is C15H24N2O2S. The zero-order valence-corrected chi connectivity index (χ0v) is 13.2. The number of rotatable bonds is 6. The van der Waals surface area contributed by atoms with Gasteiger partial charge in [-0.3, -0.25) is 9.69 Å². The van der Waals surface area contributed by atoms with E-state index < -0.39 is 5.60 Å². The smallest absolute Gasteiger partial charge is 0.234 e. The Bertz CT molecular complexity index is 439. The predicted molar refractivity (Wildman–Crippen MR) is 81.7 cm³/mol. The van der Waals surface area contributed by atoms with Crippen LogP contribution < -0.4 is 5.32 Å². The molecule has 2 N–H and O–H groups in total. The number of carbonyl (C=O) groups is 1. The van der Waals surface area contributed by atoms with Crippen molar-refractivity contribution in [1.29, 1.82) is 0 Å². The first-order chi connectivity index (χ1) is 9.43. The van der Waals surface area contributed by atoms with E-state index in [9.17, 15) is 9.90 Å². The highest BCUT2D eigenvalue weighted by atomic mass is 32.1. The maximum atomic E-state index is 12.1. The Balaban J connectivity index is 1.84. The summed E-state index contributed by atoms with van der Waals surface area (Å²) in [5, 5.41) is 15.1. The van der Waals surface area contributed by atoms with Crippen molar-refractivity contribution in [2.45, 2.75) is 38.8 Å². The van der Waals surface area contributed by atoms with E-state index in [0.717, 1.165) is 6.42 Å². The van der Waals surface area contributed by atoms with Gasteiger partial charge in [0, 0.05) is 18.0 Å². The van der Waals surface area contributed by atoms with Gasteiger partial charge in [0.1, 0.15) is 0 Å². The largest absolute Gasteiger partial charge is 0.387 e. The molecule has 20 heavy (non-hydrogen) atoms. The van der Waals surface area contributed by atoms with Gasteiger partial charge in [-0.25, -0.2) is 0 Å². The summed E-state index contributed by atoms with van der Waals surface area (Å²) in [4.78, 5) is 15.3. The third-order valence-corrected chi connectivity index (χ3v) is 4.85. The number of hydrogen-bond donors (Lipinski definition) is 2. The topological polar surface area (TPSA) is 52.6 Å². The maximum Gasteiger partial charge on any atom is 0.234 e. The van der Waals surface area contributed by atoms with Crippen LogP contribution in [0.3, 0.4) is 0 Å². The first kappa shape index (κ1) is 15.5. The first-order valence-electron chi connectivity index (χ1n) is 7.21. The van der Waals surface area contributed by atoms with Crippen LogP contribution in [0.4, 0.5) is 0 Å². The van der Waals surface area contributed by atoms with E-state index in [2.05, 4.69) is 25.2 Å². The molecule has 4 nitrogen and oxygen atoms in total. The van der Waals surface area contributed by atoms with Gasteiger partial charge in [-0.15, -0.1) is 11.3 Å². The number of likely N-dealkylation sites (tertiary alicyclic amines) is 1. The fourth-order valence-corrected chi connectivity index (χ4v) is 3.53. The molecule has 0 aliphatic carbocycles. The molecule has 112 valence electrons. The van der Waals surface area contributed by atoms with E-state index in [0.29, 0.717) is 25.6 Å². The van der Waals surface area contributed by atoms with Crippen molar-refractivity contribution in [3.63, 3.8) is 0 Å². The lowest BCUT2D eigenvalue weighted by molar-refractivity contribution is -0.133. The maximum absolute atomic E-state index is 12.1. The van der Waals surface area contributed by atoms with Crippen molar-refractivity contribution in [2.75, 3.05) is 19.6 Å². The first-order valence-corrected chi connectivity index (χ1v) is 8.09.